The molecule has 0 saturated carbocycles. The number of aryl methyl sites for hydroxylation is 1. The van der Waals surface area contributed by atoms with Crippen molar-refractivity contribution in [3.8, 4) is 5.69 Å². The standard InChI is InChI=1S/C17H15ClN4O2S/c1-12-19-20-17(22(12)15-5-3-2-4-6-15)25-16(11-21(23)24)13-7-9-14(18)10-8-13/h2-10,16H,11H2,1H3/t16-/m0/s1. The molecule has 2 aromatic carbocycles. The Morgan fingerprint density at radius 3 is 2.48 bits per heavy atom. The number of para-hydroxylation sites is 1. The minimum absolute atomic E-state index is 0.215. The highest BCUT2D eigenvalue weighted by molar-refractivity contribution is 7.99. The lowest BCUT2D eigenvalue weighted by molar-refractivity contribution is -0.479. The molecule has 8 heteroatoms. The second-order valence-corrected chi connectivity index (χ2v) is 6.98. The Morgan fingerprint density at radius 2 is 1.84 bits per heavy atom. The number of rotatable bonds is 6. The van der Waals surface area contributed by atoms with E-state index in [-0.39, 0.29) is 11.5 Å². The van der Waals surface area contributed by atoms with Gasteiger partial charge in [0.05, 0.1) is 0 Å². The predicted molar refractivity (Wildman–Crippen MR) is 98.0 cm³/mol. The number of halogens is 1. The third-order valence-electron chi connectivity index (χ3n) is 3.61. The molecule has 0 radical (unpaired) electrons. The van der Waals surface area contributed by atoms with Crippen molar-refractivity contribution in [1.29, 1.82) is 0 Å². The molecule has 0 unspecified atom stereocenters. The molecule has 1 atom stereocenters. The van der Waals surface area contributed by atoms with Gasteiger partial charge in [-0.2, -0.15) is 0 Å². The lowest BCUT2D eigenvalue weighted by Gasteiger charge is -2.14. The average molecular weight is 375 g/mol. The van der Waals surface area contributed by atoms with Crippen LogP contribution in [-0.4, -0.2) is 26.2 Å². The first-order valence-electron chi connectivity index (χ1n) is 7.56. The number of benzene rings is 2. The van der Waals surface area contributed by atoms with E-state index >= 15 is 0 Å². The van der Waals surface area contributed by atoms with Gasteiger partial charge in [-0.3, -0.25) is 14.7 Å². The Balaban J connectivity index is 1.95. The van der Waals surface area contributed by atoms with Gasteiger partial charge in [-0.1, -0.05) is 53.7 Å². The molecule has 0 spiro atoms. The molecule has 0 N–H and O–H groups in total. The van der Waals surface area contributed by atoms with Crippen LogP contribution in [0.5, 0.6) is 0 Å². The molecule has 25 heavy (non-hydrogen) atoms. The highest BCUT2D eigenvalue weighted by atomic mass is 35.5. The van der Waals surface area contributed by atoms with Crippen LogP contribution in [0.3, 0.4) is 0 Å². The van der Waals surface area contributed by atoms with E-state index in [9.17, 15) is 10.1 Å². The number of aromatic nitrogens is 3. The van der Waals surface area contributed by atoms with Crippen LogP contribution in [-0.2, 0) is 0 Å². The fraction of sp³-hybridized carbons (Fsp3) is 0.176. The van der Waals surface area contributed by atoms with Gasteiger partial charge in [0.25, 0.3) is 0 Å². The molecule has 3 rings (SSSR count). The minimum Gasteiger partial charge on any atom is -0.274 e. The molecule has 3 aromatic rings. The maximum atomic E-state index is 11.1. The van der Waals surface area contributed by atoms with Crippen molar-refractivity contribution in [2.24, 2.45) is 0 Å². The number of nitro groups is 1. The smallest absolute Gasteiger partial charge is 0.220 e. The van der Waals surface area contributed by atoms with E-state index in [0.29, 0.717) is 10.2 Å². The molecular weight excluding hydrogens is 360 g/mol. The zero-order chi connectivity index (χ0) is 17.8. The first kappa shape index (κ1) is 17.4. The van der Waals surface area contributed by atoms with Crippen molar-refractivity contribution in [3.05, 3.63) is 81.1 Å². The molecule has 0 aliphatic rings. The average Bonchev–Trinajstić information content (AvgIpc) is 2.96. The molecule has 6 nitrogen and oxygen atoms in total. The van der Waals surface area contributed by atoms with Crippen LogP contribution in [0.4, 0.5) is 0 Å². The molecule has 0 fully saturated rings. The Morgan fingerprint density at radius 1 is 1.16 bits per heavy atom. The fourth-order valence-corrected chi connectivity index (χ4v) is 3.75. The summed E-state index contributed by atoms with van der Waals surface area (Å²) in [6, 6.07) is 16.8. The van der Waals surface area contributed by atoms with E-state index in [4.69, 9.17) is 11.6 Å². The van der Waals surface area contributed by atoms with E-state index in [2.05, 4.69) is 10.2 Å². The molecular formula is C17H15ClN4O2S. The summed E-state index contributed by atoms with van der Waals surface area (Å²) in [5, 5.41) is 20.3. The van der Waals surface area contributed by atoms with Crippen molar-refractivity contribution in [3.63, 3.8) is 0 Å². The first-order valence-corrected chi connectivity index (χ1v) is 8.81. The van der Waals surface area contributed by atoms with Crippen molar-refractivity contribution in [2.45, 2.75) is 17.3 Å². The van der Waals surface area contributed by atoms with Gasteiger partial charge in [0.2, 0.25) is 6.54 Å². The van der Waals surface area contributed by atoms with E-state index in [0.717, 1.165) is 17.1 Å². The van der Waals surface area contributed by atoms with Gasteiger partial charge in [-0.05, 0) is 36.8 Å². The van der Waals surface area contributed by atoms with Gasteiger partial charge < -0.3 is 0 Å². The van der Waals surface area contributed by atoms with Gasteiger partial charge >= 0.3 is 0 Å². The molecule has 0 amide bonds. The van der Waals surface area contributed by atoms with E-state index in [1.807, 2.05) is 41.8 Å². The van der Waals surface area contributed by atoms with Crippen molar-refractivity contribution in [2.75, 3.05) is 6.54 Å². The maximum Gasteiger partial charge on any atom is 0.220 e. The normalized spacial score (nSPS) is 12.1. The summed E-state index contributed by atoms with van der Waals surface area (Å²) >= 11 is 7.25. The topological polar surface area (TPSA) is 73.8 Å². The molecule has 1 heterocycles. The monoisotopic (exact) mass is 374 g/mol. The molecule has 1 aromatic heterocycles. The van der Waals surface area contributed by atoms with Crippen LogP contribution in [0.2, 0.25) is 5.02 Å². The van der Waals surface area contributed by atoms with Crippen LogP contribution >= 0.6 is 23.4 Å². The van der Waals surface area contributed by atoms with Crippen LogP contribution in [0, 0.1) is 17.0 Å². The lowest BCUT2D eigenvalue weighted by Crippen LogP contribution is -2.11. The largest absolute Gasteiger partial charge is 0.274 e. The third kappa shape index (κ3) is 4.18. The Hall–Kier alpha value is -2.38. The summed E-state index contributed by atoms with van der Waals surface area (Å²) < 4.78 is 1.90. The quantitative estimate of drug-likeness (QED) is 0.364. The van der Waals surface area contributed by atoms with E-state index in [1.54, 1.807) is 24.3 Å². The number of hydrogen-bond acceptors (Lipinski definition) is 5. The molecule has 0 aliphatic heterocycles. The van der Waals surface area contributed by atoms with E-state index < -0.39 is 5.25 Å². The van der Waals surface area contributed by atoms with Gasteiger partial charge in [0, 0.05) is 15.6 Å². The zero-order valence-corrected chi connectivity index (χ0v) is 14.9. The Kier molecular flexibility index (Phi) is 5.35. The summed E-state index contributed by atoms with van der Waals surface area (Å²) in [4.78, 5) is 10.8. The fourth-order valence-electron chi connectivity index (χ4n) is 2.44. The number of nitrogens with zero attached hydrogens (tertiary/aromatic N) is 4. The number of thioether (sulfide) groups is 1. The summed E-state index contributed by atoms with van der Waals surface area (Å²) in [6.45, 7) is 1.64. The summed E-state index contributed by atoms with van der Waals surface area (Å²) in [5.41, 5.74) is 1.75. The van der Waals surface area contributed by atoms with Crippen LogP contribution in [0.15, 0.2) is 59.8 Å². The van der Waals surface area contributed by atoms with Crippen LogP contribution in [0.25, 0.3) is 5.69 Å². The highest BCUT2D eigenvalue weighted by Gasteiger charge is 2.23. The number of hydrogen-bond donors (Lipinski definition) is 0. The van der Waals surface area contributed by atoms with Gasteiger partial charge in [0.1, 0.15) is 11.1 Å². The molecule has 0 bridgehead atoms. The zero-order valence-electron chi connectivity index (χ0n) is 13.4. The van der Waals surface area contributed by atoms with Gasteiger partial charge in [-0.15, -0.1) is 10.2 Å². The van der Waals surface area contributed by atoms with Crippen molar-refractivity contribution in [1.82, 2.24) is 14.8 Å². The molecule has 128 valence electrons. The minimum atomic E-state index is -0.390. The summed E-state index contributed by atoms with van der Waals surface area (Å²) in [6.07, 6.45) is 0. The highest BCUT2D eigenvalue weighted by Crippen LogP contribution is 2.36. The summed E-state index contributed by atoms with van der Waals surface area (Å²) in [7, 11) is 0. The first-order chi connectivity index (χ1) is 12.0. The summed E-state index contributed by atoms with van der Waals surface area (Å²) in [5.74, 6) is 0.727. The lowest BCUT2D eigenvalue weighted by atomic mass is 10.1. The van der Waals surface area contributed by atoms with Crippen LogP contribution < -0.4 is 0 Å². The maximum absolute atomic E-state index is 11.1. The third-order valence-corrected chi connectivity index (χ3v) is 5.05. The van der Waals surface area contributed by atoms with E-state index in [1.165, 1.54) is 11.8 Å². The second kappa shape index (κ2) is 7.67. The Labute approximate surface area is 154 Å². The second-order valence-electron chi connectivity index (χ2n) is 5.37. The Bertz CT molecular complexity index is 868. The molecule has 0 aliphatic carbocycles. The van der Waals surface area contributed by atoms with Gasteiger partial charge in [0.15, 0.2) is 5.16 Å². The molecule has 0 saturated heterocycles. The SMILES string of the molecule is Cc1nnc(S[C@@H](C[N+](=O)[O-])c2ccc(Cl)cc2)n1-c1ccccc1. The van der Waals surface area contributed by atoms with Gasteiger partial charge in [-0.25, -0.2) is 0 Å². The van der Waals surface area contributed by atoms with Crippen molar-refractivity contribution >= 4 is 23.4 Å². The van der Waals surface area contributed by atoms with Crippen LogP contribution in [0.1, 0.15) is 16.6 Å². The van der Waals surface area contributed by atoms with Crippen molar-refractivity contribution < 1.29 is 4.92 Å². The predicted octanol–water partition coefficient (Wildman–Crippen LogP) is 4.34.